The molecule has 2 aromatic carbocycles. The average Bonchev–Trinajstić information content (AvgIpc) is 2.77. The molecule has 1 aromatic heterocycles. The van der Waals surface area contributed by atoms with E-state index in [0.29, 0.717) is 23.0 Å². The van der Waals surface area contributed by atoms with Crippen LogP contribution in [0.15, 0.2) is 60.8 Å². The summed E-state index contributed by atoms with van der Waals surface area (Å²) in [6.45, 7) is 4.82. The van der Waals surface area contributed by atoms with E-state index in [1.807, 2.05) is 6.07 Å². The van der Waals surface area contributed by atoms with Gasteiger partial charge in [0.2, 0.25) is 0 Å². The second-order valence-electron chi connectivity index (χ2n) is 8.75. The molecule has 1 aliphatic heterocycles. The largest absolute Gasteiger partial charge is 0.486 e. The lowest BCUT2D eigenvalue weighted by Gasteiger charge is -2.39. The highest BCUT2D eigenvalue weighted by atomic mass is 19.1. The lowest BCUT2D eigenvalue weighted by molar-refractivity contribution is 0.0144. The van der Waals surface area contributed by atoms with E-state index >= 15 is 0 Å². The van der Waals surface area contributed by atoms with Gasteiger partial charge in [0.05, 0.1) is 17.5 Å². The highest BCUT2D eigenvalue weighted by Gasteiger charge is 2.28. The zero-order chi connectivity index (χ0) is 23.5. The molecule has 1 amide bonds. The van der Waals surface area contributed by atoms with Gasteiger partial charge in [-0.1, -0.05) is 30.3 Å². The number of halogens is 1. The molecule has 0 spiro atoms. The molecule has 4 rings (SSSR count). The maximum absolute atomic E-state index is 14.0. The second kappa shape index (κ2) is 9.68. The summed E-state index contributed by atoms with van der Waals surface area (Å²) in [5.41, 5.74) is 8.80. The Morgan fingerprint density at radius 2 is 1.91 bits per heavy atom. The fourth-order valence-electron chi connectivity index (χ4n) is 3.87. The zero-order valence-electron chi connectivity index (χ0n) is 19.2. The van der Waals surface area contributed by atoms with Crippen molar-refractivity contribution < 1.29 is 13.9 Å². The van der Waals surface area contributed by atoms with Gasteiger partial charge in [-0.3, -0.25) is 14.7 Å². The van der Waals surface area contributed by atoms with Crippen molar-refractivity contribution in [2.24, 2.45) is 5.73 Å². The number of carbonyl (C=O) groups excluding carboxylic acids is 1. The summed E-state index contributed by atoms with van der Waals surface area (Å²) in [7, 11) is 4.18. The fourth-order valence-corrected chi connectivity index (χ4v) is 3.87. The number of nitrogens with zero attached hydrogens (tertiary/aromatic N) is 3. The van der Waals surface area contributed by atoms with Crippen LogP contribution < -0.4 is 10.5 Å². The number of hydrogen-bond acceptors (Lipinski definition) is 5. The lowest BCUT2D eigenvalue weighted by atomic mass is 10.0. The van der Waals surface area contributed by atoms with Gasteiger partial charge in [-0.25, -0.2) is 4.39 Å². The van der Waals surface area contributed by atoms with E-state index in [0.717, 1.165) is 19.6 Å². The molecular weight excluding hydrogens is 419 g/mol. The first-order valence-electron chi connectivity index (χ1n) is 11.0. The third kappa shape index (κ3) is 5.38. The normalized spacial score (nSPS) is 15.3. The Balaban J connectivity index is 1.28. The predicted octanol–water partition coefficient (Wildman–Crippen LogP) is 3.87. The van der Waals surface area contributed by atoms with Crippen LogP contribution in [0.25, 0.3) is 11.3 Å². The van der Waals surface area contributed by atoms with E-state index in [2.05, 4.69) is 60.1 Å². The van der Waals surface area contributed by atoms with E-state index in [9.17, 15) is 9.18 Å². The molecule has 1 saturated heterocycles. The first-order chi connectivity index (χ1) is 15.8. The van der Waals surface area contributed by atoms with Gasteiger partial charge < -0.3 is 15.4 Å². The number of likely N-dealkylation sites (tertiary alicyclic amines) is 1. The molecule has 7 heteroatoms. The highest BCUT2D eigenvalue weighted by molar-refractivity contribution is 5.93. The molecular formula is C26H29FN4O2. The molecule has 0 radical (unpaired) electrons. The number of ether oxygens (including phenoxy) is 1. The molecule has 33 heavy (non-hydrogen) atoms. The van der Waals surface area contributed by atoms with Crippen LogP contribution in [-0.2, 0) is 6.54 Å². The van der Waals surface area contributed by atoms with Crippen molar-refractivity contribution in [1.82, 2.24) is 14.8 Å². The quantitative estimate of drug-likeness (QED) is 0.566. The van der Waals surface area contributed by atoms with Gasteiger partial charge in [-0.05, 0) is 56.4 Å². The summed E-state index contributed by atoms with van der Waals surface area (Å²) < 4.78 is 20.0. The topological polar surface area (TPSA) is 71.7 Å². The fraction of sp³-hybridized carbons (Fsp3) is 0.308. The number of benzene rings is 2. The van der Waals surface area contributed by atoms with Crippen LogP contribution in [0.2, 0.25) is 0 Å². The molecule has 1 fully saturated rings. The van der Waals surface area contributed by atoms with Gasteiger partial charge in [0.15, 0.2) is 0 Å². The van der Waals surface area contributed by atoms with Gasteiger partial charge in [-0.2, -0.15) is 0 Å². The summed E-state index contributed by atoms with van der Waals surface area (Å²) >= 11 is 0. The second-order valence-corrected chi connectivity index (χ2v) is 8.75. The van der Waals surface area contributed by atoms with Crippen molar-refractivity contribution >= 4 is 5.91 Å². The molecule has 0 saturated carbocycles. The zero-order valence-corrected chi connectivity index (χ0v) is 19.2. The minimum absolute atomic E-state index is 0.123. The van der Waals surface area contributed by atoms with Crippen molar-refractivity contribution in [3.05, 3.63) is 83.3 Å². The Bertz CT molecular complexity index is 1110. The Morgan fingerprint density at radius 1 is 1.18 bits per heavy atom. The third-order valence-corrected chi connectivity index (χ3v) is 6.14. The average molecular weight is 449 g/mol. The summed E-state index contributed by atoms with van der Waals surface area (Å²) in [6.07, 6.45) is 1.76. The molecule has 1 atom stereocenters. The Morgan fingerprint density at radius 3 is 2.48 bits per heavy atom. The summed E-state index contributed by atoms with van der Waals surface area (Å²) in [4.78, 5) is 20.1. The number of primary amides is 1. The summed E-state index contributed by atoms with van der Waals surface area (Å²) in [6, 6.07) is 17.1. The van der Waals surface area contributed by atoms with Crippen molar-refractivity contribution in [3.8, 4) is 17.0 Å². The lowest BCUT2D eigenvalue weighted by Crippen LogP contribution is -2.53. The number of hydrogen-bond donors (Lipinski definition) is 1. The van der Waals surface area contributed by atoms with E-state index in [-0.39, 0.29) is 11.7 Å². The highest BCUT2D eigenvalue weighted by Crippen LogP contribution is 2.25. The van der Waals surface area contributed by atoms with Crippen LogP contribution in [0.3, 0.4) is 0 Å². The first kappa shape index (κ1) is 22.9. The van der Waals surface area contributed by atoms with E-state index in [4.69, 9.17) is 10.5 Å². The molecule has 0 aliphatic carbocycles. The minimum atomic E-state index is -0.791. The number of rotatable bonds is 8. The van der Waals surface area contributed by atoms with Crippen LogP contribution >= 0.6 is 0 Å². The van der Waals surface area contributed by atoms with Gasteiger partial charge in [0.25, 0.3) is 5.91 Å². The SMILES string of the molecule is CC(c1ccc(CN2CC(Oc3ccc(-c4ccc(C(N)=O)c(F)c4)nc3)C2)cc1)N(C)C. The first-order valence-corrected chi connectivity index (χ1v) is 11.0. The molecule has 2 N–H and O–H groups in total. The molecule has 0 bridgehead atoms. The maximum atomic E-state index is 14.0. The number of amides is 1. The smallest absolute Gasteiger partial charge is 0.251 e. The van der Waals surface area contributed by atoms with Crippen LogP contribution in [0.5, 0.6) is 5.75 Å². The van der Waals surface area contributed by atoms with Crippen LogP contribution in [0, 0.1) is 5.82 Å². The van der Waals surface area contributed by atoms with Gasteiger partial charge in [0, 0.05) is 31.2 Å². The molecule has 172 valence electrons. The Labute approximate surface area is 193 Å². The summed E-state index contributed by atoms with van der Waals surface area (Å²) in [5.74, 6) is -0.764. The Kier molecular flexibility index (Phi) is 6.72. The molecule has 1 unspecified atom stereocenters. The molecule has 3 aromatic rings. The monoisotopic (exact) mass is 448 g/mol. The van der Waals surface area contributed by atoms with Crippen molar-refractivity contribution in [2.75, 3.05) is 27.2 Å². The molecule has 1 aliphatic rings. The van der Waals surface area contributed by atoms with E-state index in [1.165, 1.54) is 23.3 Å². The third-order valence-electron chi connectivity index (χ3n) is 6.14. The number of aromatic nitrogens is 1. The van der Waals surface area contributed by atoms with Crippen LogP contribution in [0.1, 0.15) is 34.5 Å². The standard InChI is InChI=1S/C26H29FN4O2/c1-17(30(2)3)19-6-4-18(5-7-19)14-31-15-22(16-31)33-21-9-11-25(29-13-21)20-8-10-23(26(28)32)24(27)12-20/h4-13,17,22H,14-16H2,1-3H3,(H2,28,32). The predicted molar refractivity (Wildman–Crippen MR) is 126 cm³/mol. The number of carbonyl (C=O) groups is 1. The van der Waals surface area contributed by atoms with Crippen molar-refractivity contribution in [3.63, 3.8) is 0 Å². The summed E-state index contributed by atoms with van der Waals surface area (Å²) in [5, 5.41) is 0. The van der Waals surface area contributed by atoms with Gasteiger partial charge >= 0.3 is 0 Å². The Hall–Kier alpha value is -3.29. The maximum Gasteiger partial charge on any atom is 0.251 e. The molecule has 2 heterocycles. The minimum Gasteiger partial charge on any atom is -0.486 e. The van der Waals surface area contributed by atoms with Crippen molar-refractivity contribution in [2.45, 2.75) is 25.6 Å². The number of nitrogens with two attached hydrogens (primary N) is 1. The van der Waals surface area contributed by atoms with Crippen molar-refractivity contribution in [1.29, 1.82) is 0 Å². The van der Waals surface area contributed by atoms with Gasteiger partial charge in [-0.15, -0.1) is 0 Å². The van der Waals surface area contributed by atoms with Crippen LogP contribution in [-0.4, -0.2) is 54.0 Å². The van der Waals surface area contributed by atoms with Crippen LogP contribution in [0.4, 0.5) is 4.39 Å². The van der Waals surface area contributed by atoms with Gasteiger partial charge in [0.1, 0.15) is 17.7 Å². The van der Waals surface area contributed by atoms with E-state index in [1.54, 1.807) is 18.3 Å². The molecule has 6 nitrogen and oxygen atoms in total. The van der Waals surface area contributed by atoms with E-state index < -0.39 is 11.7 Å². The number of pyridine rings is 1.